The van der Waals surface area contributed by atoms with Crippen molar-refractivity contribution in [2.24, 2.45) is 0 Å². The molecular weight excluding hydrogens is 290 g/mol. The fourth-order valence-corrected chi connectivity index (χ4v) is 4.03. The summed E-state index contributed by atoms with van der Waals surface area (Å²) in [5.74, 6) is 0. The van der Waals surface area contributed by atoms with Gasteiger partial charge >= 0.3 is 0 Å². The van der Waals surface area contributed by atoms with Crippen LogP contribution in [0.3, 0.4) is 0 Å². The van der Waals surface area contributed by atoms with Crippen molar-refractivity contribution in [3.63, 3.8) is 0 Å². The van der Waals surface area contributed by atoms with Crippen molar-refractivity contribution >= 4 is 32.6 Å². The Balaban J connectivity index is 2.10. The van der Waals surface area contributed by atoms with Crippen molar-refractivity contribution in [2.75, 3.05) is 0 Å². The Bertz CT molecular complexity index is 732. The summed E-state index contributed by atoms with van der Waals surface area (Å²) >= 11 is -0.812. The summed E-state index contributed by atoms with van der Waals surface area (Å²) in [6.45, 7) is 1.98. The van der Waals surface area contributed by atoms with Gasteiger partial charge in [-0.3, -0.25) is 4.21 Å². The lowest BCUT2D eigenvalue weighted by atomic mass is 10.1. The van der Waals surface area contributed by atoms with Gasteiger partial charge in [-0.1, -0.05) is 42.0 Å². The minimum atomic E-state index is -2.24. The van der Waals surface area contributed by atoms with E-state index in [1.807, 2.05) is 55.5 Å². The summed E-state index contributed by atoms with van der Waals surface area (Å²) in [6, 6.07) is 15.2. The lowest BCUT2D eigenvalue weighted by molar-refractivity contribution is 0.530. The van der Waals surface area contributed by atoms with Gasteiger partial charge < -0.3 is 4.55 Å². The Labute approximate surface area is 123 Å². The summed E-state index contributed by atoms with van der Waals surface area (Å²) in [4.78, 5) is 4.46. The van der Waals surface area contributed by atoms with Crippen molar-refractivity contribution in [3.8, 4) is 0 Å². The molecule has 20 heavy (non-hydrogen) atoms. The Morgan fingerprint density at radius 1 is 1.15 bits per heavy atom. The fourth-order valence-electron chi connectivity index (χ4n) is 2.08. The molecule has 5 heteroatoms. The van der Waals surface area contributed by atoms with Gasteiger partial charge in [0.1, 0.15) is 5.01 Å². The van der Waals surface area contributed by atoms with Crippen LogP contribution in [0.5, 0.6) is 0 Å². The van der Waals surface area contributed by atoms with Gasteiger partial charge in [0.2, 0.25) is 0 Å². The lowest BCUT2D eigenvalue weighted by Gasteiger charge is -2.17. The number of aryl methyl sites for hydroxylation is 1. The highest BCUT2D eigenvalue weighted by Gasteiger charge is 2.19. The highest BCUT2D eigenvalue weighted by molar-refractivity contribution is 7.79. The minimum Gasteiger partial charge on any atom is -0.772 e. The predicted octanol–water partition coefficient (Wildman–Crippen LogP) is 3.57. The van der Waals surface area contributed by atoms with Gasteiger partial charge in [0.15, 0.2) is 0 Å². The van der Waals surface area contributed by atoms with Crippen molar-refractivity contribution in [3.05, 3.63) is 64.7 Å². The molecule has 0 spiro atoms. The molecule has 0 aliphatic rings. The van der Waals surface area contributed by atoms with Gasteiger partial charge in [0, 0.05) is 0 Å². The normalized spacial score (nSPS) is 14.3. The second-order valence-corrected chi connectivity index (χ2v) is 6.63. The SMILES string of the molecule is Cc1ccc(C(c2nc3ccccc3s2)S(=O)[O-])cc1. The monoisotopic (exact) mass is 302 g/mol. The third-order valence-electron chi connectivity index (χ3n) is 3.11. The molecule has 0 bridgehead atoms. The first-order valence-corrected chi connectivity index (χ1v) is 8.11. The number of aromatic nitrogens is 1. The second kappa shape index (κ2) is 5.44. The number of hydrogen-bond acceptors (Lipinski definition) is 4. The van der Waals surface area contributed by atoms with Gasteiger partial charge in [-0.25, -0.2) is 4.98 Å². The van der Waals surface area contributed by atoms with E-state index < -0.39 is 16.3 Å². The van der Waals surface area contributed by atoms with Crippen LogP contribution >= 0.6 is 11.3 Å². The molecule has 0 saturated heterocycles. The molecule has 0 N–H and O–H groups in total. The van der Waals surface area contributed by atoms with Crippen molar-refractivity contribution < 1.29 is 8.76 Å². The minimum absolute atomic E-state index is 0.614. The Morgan fingerprint density at radius 2 is 1.85 bits per heavy atom. The summed E-state index contributed by atoms with van der Waals surface area (Å²) < 4.78 is 24.3. The third kappa shape index (κ3) is 2.52. The average Bonchev–Trinajstić information content (AvgIpc) is 2.84. The maximum absolute atomic E-state index is 11.6. The highest BCUT2D eigenvalue weighted by atomic mass is 32.2. The zero-order valence-corrected chi connectivity index (χ0v) is 12.4. The summed E-state index contributed by atoms with van der Waals surface area (Å²) in [5, 5.41) is -0.0867. The Morgan fingerprint density at radius 3 is 2.50 bits per heavy atom. The average molecular weight is 302 g/mol. The van der Waals surface area contributed by atoms with Crippen LogP contribution in [0.2, 0.25) is 0 Å². The molecule has 102 valence electrons. The summed E-state index contributed by atoms with van der Waals surface area (Å²) in [7, 11) is 0. The number of rotatable bonds is 3. The molecule has 3 nitrogen and oxygen atoms in total. The van der Waals surface area contributed by atoms with Crippen LogP contribution in [-0.2, 0) is 11.1 Å². The van der Waals surface area contributed by atoms with Gasteiger partial charge in [-0.2, -0.15) is 0 Å². The number of para-hydroxylation sites is 1. The zero-order valence-electron chi connectivity index (χ0n) is 10.8. The quantitative estimate of drug-likeness (QED) is 0.695. The van der Waals surface area contributed by atoms with E-state index in [2.05, 4.69) is 4.98 Å². The number of nitrogens with zero attached hydrogens (tertiary/aromatic N) is 1. The molecule has 3 rings (SSSR count). The molecule has 0 aliphatic heterocycles. The van der Waals surface area contributed by atoms with E-state index in [-0.39, 0.29) is 0 Å². The van der Waals surface area contributed by atoms with E-state index in [4.69, 9.17) is 0 Å². The van der Waals surface area contributed by atoms with Crippen LogP contribution in [0.4, 0.5) is 0 Å². The molecule has 2 aromatic carbocycles. The van der Waals surface area contributed by atoms with Crippen LogP contribution in [0, 0.1) is 6.92 Å². The molecule has 0 saturated carbocycles. The molecule has 3 aromatic rings. The van der Waals surface area contributed by atoms with E-state index in [0.29, 0.717) is 5.01 Å². The first kappa shape index (κ1) is 13.4. The molecule has 0 radical (unpaired) electrons. The summed E-state index contributed by atoms with van der Waals surface area (Å²) in [5.41, 5.74) is 2.70. The van der Waals surface area contributed by atoms with E-state index >= 15 is 0 Å². The van der Waals surface area contributed by atoms with Crippen LogP contribution in [0.25, 0.3) is 10.2 Å². The first-order valence-electron chi connectivity index (χ1n) is 6.15. The first-order chi connectivity index (χ1) is 9.65. The number of hydrogen-bond donors (Lipinski definition) is 0. The Kier molecular flexibility index (Phi) is 3.65. The fraction of sp³-hybridized carbons (Fsp3) is 0.133. The zero-order chi connectivity index (χ0) is 14.1. The molecule has 1 aromatic heterocycles. The van der Waals surface area contributed by atoms with Gasteiger partial charge in [-0.05, 0) is 35.7 Å². The predicted molar refractivity (Wildman–Crippen MR) is 81.6 cm³/mol. The summed E-state index contributed by atoms with van der Waals surface area (Å²) in [6.07, 6.45) is 0. The van der Waals surface area contributed by atoms with Gasteiger partial charge in [0.05, 0.1) is 15.5 Å². The molecule has 2 unspecified atom stereocenters. The molecule has 0 amide bonds. The largest absolute Gasteiger partial charge is 0.772 e. The standard InChI is InChI=1S/C15H13NO2S2/c1-10-6-8-11(9-7-10)14(20(17)18)15-16-12-4-2-3-5-13(12)19-15/h2-9,14H,1H3,(H,17,18)/p-1. The maximum Gasteiger partial charge on any atom is 0.113 e. The molecule has 2 atom stereocenters. The number of benzene rings is 2. The molecule has 1 heterocycles. The van der Waals surface area contributed by atoms with Crippen molar-refractivity contribution in [2.45, 2.75) is 12.2 Å². The van der Waals surface area contributed by atoms with E-state index in [1.165, 1.54) is 11.3 Å². The van der Waals surface area contributed by atoms with Crippen molar-refractivity contribution in [1.82, 2.24) is 4.98 Å². The third-order valence-corrected chi connectivity index (χ3v) is 5.24. The Hall–Kier alpha value is -1.56. The highest BCUT2D eigenvalue weighted by Crippen LogP contribution is 2.33. The van der Waals surface area contributed by atoms with Crippen LogP contribution in [0.15, 0.2) is 48.5 Å². The molecule has 0 fully saturated rings. The van der Waals surface area contributed by atoms with Gasteiger partial charge in [0.25, 0.3) is 0 Å². The van der Waals surface area contributed by atoms with E-state index in [0.717, 1.165) is 21.3 Å². The van der Waals surface area contributed by atoms with Crippen LogP contribution in [-0.4, -0.2) is 13.7 Å². The smallest absolute Gasteiger partial charge is 0.113 e. The lowest BCUT2D eigenvalue weighted by Crippen LogP contribution is -2.07. The van der Waals surface area contributed by atoms with Crippen molar-refractivity contribution in [1.29, 1.82) is 0 Å². The number of thiazole rings is 1. The second-order valence-electron chi connectivity index (χ2n) is 4.57. The molecule has 0 aliphatic carbocycles. The van der Waals surface area contributed by atoms with Crippen LogP contribution in [0.1, 0.15) is 21.4 Å². The van der Waals surface area contributed by atoms with E-state index in [1.54, 1.807) is 0 Å². The number of fused-ring (bicyclic) bond motifs is 1. The maximum atomic E-state index is 11.6. The topological polar surface area (TPSA) is 53.0 Å². The van der Waals surface area contributed by atoms with E-state index in [9.17, 15) is 8.76 Å². The van der Waals surface area contributed by atoms with Crippen LogP contribution < -0.4 is 0 Å². The molecular formula is C15H12NO2S2-. The van der Waals surface area contributed by atoms with Gasteiger partial charge in [-0.15, -0.1) is 11.3 Å².